The molecule has 18 heavy (non-hydrogen) atoms. The first-order chi connectivity index (χ1) is 8.83. The summed E-state index contributed by atoms with van der Waals surface area (Å²) in [5.41, 5.74) is 9.09. The van der Waals surface area contributed by atoms with Gasteiger partial charge in [0.2, 0.25) is 0 Å². The predicted molar refractivity (Wildman–Crippen MR) is 72.3 cm³/mol. The molecule has 1 saturated heterocycles. The number of nitrogens with zero attached hydrogens (tertiary/aromatic N) is 1. The minimum Gasteiger partial charge on any atom is -0.379 e. The van der Waals surface area contributed by atoms with Crippen molar-refractivity contribution in [1.82, 2.24) is 4.90 Å². The van der Waals surface area contributed by atoms with Crippen molar-refractivity contribution in [2.24, 2.45) is 11.7 Å². The van der Waals surface area contributed by atoms with E-state index in [0.717, 1.165) is 26.3 Å². The molecule has 2 aliphatic heterocycles. The first-order valence-corrected chi connectivity index (χ1v) is 6.95. The second-order valence-corrected chi connectivity index (χ2v) is 5.57. The molecule has 2 aliphatic rings. The highest BCUT2D eigenvalue weighted by Crippen LogP contribution is 2.21. The summed E-state index contributed by atoms with van der Waals surface area (Å²) < 4.78 is 5.46. The average Bonchev–Trinajstić information content (AvgIpc) is 2.66. The van der Waals surface area contributed by atoms with Gasteiger partial charge in [-0.3, -0.25) is 4.90 Å². The van der Waals surface area contributed by atoms with E-state index in [1.165, 1.54) is 30.5 Å². The lowest BCUT2D eigenvalue weighted by Crippen LogP contribution is -2.38. The fraction of sp³-hybridized carbons (Fsp3) is 0.600. The Hall–Kier alpha value is -0.900. The van der Waals surface area contributed by atoms with E-state index in [4.69, 9.17) is 10.5 Å². The van der Waals surface area contributed by atoms with Gasteiger partial charge in [-0.05, 0) is 30.5 Å². The zero-order valence-corrected chi connectivity index (χ0v) is 10.8. The van der Waals surface area contributed by atoms with Crippen molar-refractivity contribution in [3.8, 4) is 0 Å². The van der Waals surface area contributed by atoms with Gasteiger partial charge in [-0.2, -0.15) is 0 Å². The van der Waals surface area contributed by atoms with Gasteiger partial charge >= 0.3 is 0 Å². The molecule has 3 rings (SSSR count). The van der Waals surface area contributed by atoms with Crippen molar-refractivity contribution in [3.63, 3.8) is 0 Å². The van der Waals surface area contributed by atoms with Gasteiger partial charge in [-0.25, -0.2) is 0 Å². The number of hydrogen-bond donors (Lipinski definition) is 1. The fourth-order valence-electron chi connectivity index (χ4n) is 3.06. The Bertz CT molecular complexity index is 407. The minimum absolute atomic E-state index is 0.225. The largest absolute Gasteiger partial charge is 0.379 e. The van der Waals surface area contributed by atoms with Crippen molar-refractivity contribution < 1.29 is 4.74 Å². The number of fused-ring (bicyclic) bond motifs is 1. The summed E-state index contributed by atoms with van der Waals surface area (Å²) in [4.78, 5) is 2.55. The van der Waals surface area contributed by atoms with Gasteiger partial charge in [0.1, 0.15) is 0 Å². The standard InChI is InChI=1S/C15H22N2O/c16-15-11-18-10-14(15)9-17-7-3-6-12-4-1-2-5-13(12)8-17/h1-2,4-5,14-15H,3,6-11,16H2. The average molecular weight is 246 g/mol. The third kappa shape index (κ3) is 2.58. The van der Waals surface area contributed by atoms with Crippen molar-refractivity contribution in [2.45, 2.75) is 25.4 Å². The number of aryl methyl sites for hydroxylation is 1. The summed E-state index contributed by atoms with van der Waals surface area (Å²) in [7, 11) is 0. The maximum atomic E-state index is 6.08. The fourth-order valence-corrected chi connectivity index (χ4v) is 3.06. The first kappa shape index (κ1) is 12.2. The van der Waals surface area contributed by atoms with Crippen LogP contribution in [0.4, 0.5) is 0 Å². The van der Waals surface area contributed by atoms with E-state index in [1.807, 2.05) is 0 Å². The van der Waals surface area contributed by atoms with Gasteiger partial charge in [0, 0.05) is 25.0 Å². The molecule has 0 aliphatic carbocycles. The number of nitrogens with two attached hydrogens (primary N) is 1. The lowest BCUT2D eigenvalue weighted by molar-refractivity contribution is 0.165. The second kappa shape index (κ2) is 5.39. The predicted octanol–water partition coefficient (Wildman–Crippen LogP) is 1.41. The molecule has 0 amide bonds. The zero-order chi connectivity index (χ0) is 12.4. The third-order valence-electron chi connectivity index (χ3n) is 4.17. The lowest BCUT2D eigenvalue weighted by atomic mass is 10.0. The maximum absolute atomic E-state index is 6.08. The Morgan fingerprint density at radius 1 is 1.22 bits per heavy atom. The number of ether oxygens (including phenoxy) is 1. The van der Waals surface area contributed by atoms with Crippen LogP contribution in [-0.4, -0.2) is 37.2 Å². The summed E-state index contributed by atoms with van der Waals surface area (Å²) in [5, 5.41) is 0. The topological polar surface area (TPSA) is 38.5 Å². The molecular weight excluding hydrogens is 224 g/mol. The molecule has 98 valence electrons. The summed E-state index contributed by atoms with van der Waals surface area (Å²) in [6, 6.07) is 9.05. The third-order valence-corrected chi connectivity index (χ3v) is 4.17. The summed E-state index contributed by atoms with van der Waals surface area (Å²) in [6.45, 7) is 4.89. The minimum atomic E-state index is 0.225. The molecule has 2 N–H and O–H groups in total. The molecule has 3 nitrogen and oxygen atoms in total. The van der Waals surface area contributed by atoms with Crippen LogP contribution in [0.5, 0.6) is 0 Å². The molecular formula is C15H22N2O. The summed E-state index contributed by atoms with van der Waals surface area (Å²) in [6.07, 6.45) is 2.46. The Labute approximate surface area is 109 Å². The molecule has 2 unspecified atom stereocenters. The van der Waals surface area contributed by atoms with Crippen LogP contribution < -0.4 is 5.73 Å². The maximum Gasteiger partial charge on any atom is 0.0621 e. The molecule has 0 aromatic heterocycles. The van der Waals surface area contributed by atoms with E-state index in [0.29, 0.717) is 5.92 Å². The van der Waals surface area contributed by atoms with Crippen molar-refractivity contribution in [1.29, 1.82) is 0 Å². The van der Waals surface area contributed by atoms with Crippen LogP contribution in [-0.2, 0) is 17.7 Å². The lowest BCUT2D eigenvalue weighted by Gasteiger charge is -2.25. The Morgan fingerprint density at radius 2 is 2.06 bits per heavy atom. The SMILES string of the molecule is NC1COCC1CN1CCCc2ccccc2C1. The first-order valence-electron chi connectivity index (χ1n) is 6.95. The van der Waals surface area contributed by atoms with Crippen LogP contribution in [0, 0.1) is 5.92 Å². The molecule has 1 aromatic carbocycles. The van der Waals surface area contributed by atoms with Crippen LogP contribution in [0.15, 0.2) is 24.3 Å². The second-order valence-electron chi connectivity index (χ2n) is 5.57. The Kier molecular flexibility index (Phi) is 3.64. The van der Waals surface area contributed by atoms with E-state index in [9.17, 15) is 0 Å². The summed E-state index contributed by atoms with van der Waals surface area (Å²) in [5.74, 6) is 0.510. The molecule has 3 heteroatoms. The van der Waals surface area contributed by atoms with Crippen LogP contribution in [0.2, 0.25) is 0 Å². The molecule has 1 fully saturated rings. The Morgan fingerprint density at radius 3 is 2.83 bits per heavy atom. The van der Waals surface area contributed by atoms with Gasteiger partial charge in [0.15, 0.2) is 0 Å². The summed E-state index contributed by atoms with van der Waals surface area (Å²) >= 11 is 0. The number of benzene rings is 1. The van der Waals surface area contributed by atoms with Crippen LogP contribution in [0.25, 0.3) is 0 Å². The van der Waals surface area contributed by atoms with Crippen LogP contribution in [0.1, 0.15) is 17.5 Å². The Balaban J connectivity index is 1.67. The van der Waals surface area contributed by atoms with Gasteiger partial charge in [0.05, 0.1) is 13.2 Å². The van der Waals surface area contributed by atoms with Gasteiger partial charge in [0.25, 0.3) is 0 Å². The highest BCUT2D eigenvalue weighted by atomic mass is 16.5. The molecule has 2 heterocycles. The number of hydrogen-bond acceptors (Lipinski definition) is 3. The van der Waals surface area contributed by atoms with E-state index >= 15 is 0 Å². The molecule has 0 saturated carbocycles. The highest BCUT2D eigenvalue weighted by Gasteiger charge is 2.27. The monoisotopic (exact) mass is 246 g/mol. The van der Waals surface area contributed by atoms with E-state index in [2.05, 4.69) is 29.2 Å². The smallest absolute Gasteiger partial charge is 0.0621 e. The van der Waals surface area contributed by atoms with Crippen molar-refractivity contribution in [2.75, 3.05) is 26.3 Å². The van der Waals surface area contributed by atoms with Crippen LogP contribution >= 0.6 is 0 Å². The van der Waals surface area contributed by atoms with Gasteiger partial charge in [-0.1, -0.05) is 24.3 Å². The van der Waals surface area contributed by atoms with Crippen molar-refractivity contribution in [3.05, 3.63) is 35.4 Å². The number of rotatable bonds is 2. The quantitative estimate of drug-likeness (QED) is 0.857. The van der Waals surface area contributed by atoms with Crippen LogP contribution in [0.3, 0.4) is 0 Å². The molecule has 0 spiro atoms. The molecule has 0 radical (unpaired) electrons. The van der Waals surface area contributed by atoms with E-state index in [1.54, 1.807) is 0 Å². The highest BCUT2D eigenvalue weighted by molar-refractivity contribution is 5.28. The molecule has 0 bridgehead atoms. The van der Waals surface area contributed by atoms with E-state index < -0.39 is 0 Å². The van der Waals surface area contributed by atoms with Gasteiger partial charge in [-0.15, -0.1) is 0 Å². The molecule has 1 aromatic rings. The zero-order valence-electron chi connectivity index (χ0n) is 10.8. The van der Waals surface area contributed by atoms with Crippen molar-refractivity contribution >= 4 is 0 Å². The normalized spacial score (nSPS) is 28.9. The van der Waals surface area contributed by atoms with Gasteiger partial charge < -0.3 is 10.5 Å². The van der Waals surface area contributed by atoms with E-state index in [-0.39, 0.29) is 6.04 Å². The molecule has 2 atom stereocenters.